The minimum Gasteiger partial charge on any atom is -0.731 e. The molecule has 7 heteroatoms. The van der Waals surface area contributed by atoms with Crippen molar-refractivity contribution in [2.24, 2.45) is 0 Å². The Morgan fingerprint density at radius 3 is 2.36 bits per heavy atom. The summed E-state index contributed by atoms with van der Waals surface area (Å²) in [5, 5.41) is 0. The van der Waals surface area contributed by atoms with E-state index in [1.54, 1.807) is 0 Å². The van der Waals surface area contributed by atoms with Gasteiger partial charge < -0.3 is 4.55 Å². The largest absolute Gasteiger partial charge is 0.731 e. The number of nitrogens with zero attached hydrogens (tertiary/aromatic N) is 1. The Morgan fingerprint density at radius 1 is 1.57 bits per heavy atom. The van der Waals surface area contributed by atoms with E-state index in [0.29, 0.717) is 0 Å². The second-order valence-corrected chi connectivity index (χ2v) is 4.19. The van der Waals surface area contributed by atoms with Gasteiger partial charge in [-0.1, -0.05) is 0 Å². The Bertz CT molecular complexity index is 421. The van der Waals surface area contributed by atoms with Crippen molar-refractivity contribution in [3.63, 3.8) is 0 Å². The van der Waals surface area contributed by atoms with Crippen molar-refractivity contribution in [3.8, 4) is 0 Å². The molecule has 0 saturated carbocycles. The van der Waals surface area contributed by atoms with E-state index in [-0.39, 0.29) is 15.7 Å². The number of amides is 1. The zero-order valence-corrected chi connectivity index (χ0v) is 8.37. The molecule has 1 rings (SSSR count). The third kappa shape index (κ3) is 1.68. The van der Waals surface area contributed by atoms with Crippen LogP contribution in [0.4, 0.5) is 0 Å². The van der Waals surface area contributed by atoms with Gasteiger partial charge >= 0.3 is 0 Å². The lowest BCUT2D eigenvalue weighted by molar-refractivity contribution is -0.130. The highest BCUT2D eigenvalue weighted by Gasteiger charge is 2.42. The third-order valence-electron chi connectivity index (χ3n) is 1.85. The molecule has 14 heavy (non-hydrogen) atoms. The summed E-state index contributed by atoms with van der Waals surface area (Å²) in [4.78, 5) is 21.7. The number of carbonyl (C=O) groups is 2. The molecule has 1 unspecified atom stereocenters. The highest BCUT2D eigenvalue weighted by Crippen LogP contribution is 2.27. The van der Waals surface area contributed by atoms with Crippen molar-refractivity contribution in [2.75, 3.05) is 0 Å². The molecule has 1 aliphatic heterocycles. The summed E-state index contributed by atoms with van der Waals surface area (Å²) < 4.78 is 31.7. The van der Waals surface area contributed by atoms with Gasteiger partial charge in [-0.05, 0) is 19.9 Å². The average molecular weight is 218 g/mol. The van der Waals surface area contributed by atoms with Crippen LogP contribution in [0.5, 0.6) is 0 Å². The van der Waals surface area contributed by atoms with E-state index in [1.807, 2.05) is 0 Å². The van der Waals surface area contributed by atoms with Crippen molar-refractivity contribution < 1.29 is 22.6 Å². The van der Waals surface area contributed by atoms with E-state index < -0.39 is 22.3 Å². The van der Waals surface area contributed by atoms with Gasteiger partial charge in [0.2, 0.25) is 0 Å². The number of hydrogen-bond donors (Lipinski definition) is 0. The molecule has 1 fully saturated rings. The normalized spacial score (nSPS) is 25.1. The van der Waals surface area contributed by atoms with Gasteiger partial charge in [0.15, 0.2) is 16.1 Å². The Morgan fingerprint density at radius 2 is 2.07 bits per heavy atom. The SMILES string of the molecule is CC(=O)/C=C1/C(=O)N(S(=O)(=O)[O-])C1C. The van der Waals surface area contributed by atoms with Crippen molar-refractivity contribution in [1.82, 2.24) is 4.31 Å². The molecule has 0 radical (unpaired) electrons. The molecule has 0 spiro atoms. The van der Waals surface area contributed by atoms with Crippen LogP contribution in [0.2, 0.25) is 0 Å². The van der Waals surface area contributed by atoms with E-state index in [1.165, 1.54) is 13.8 Å². The quantitative estimate of drug-likeness (QED) is 0.343. The van der Waals surface area contributed by atoms with Crippen LogP contribution in [0.25, 0.3) is 0 Å². The number of ketones is 1. The van der Waals surface area contributed by atoms with Crippen LogP contribution >= 0.6 is 0 Å². The Kier molecular flexibility index (Phi) is 2.47. The van der Waals surface area contributed by atoms with Gasteiger partial charge in [0.1, 0.15) is 0 Å². The Labute approximate surface area is 81.1 Å². The molecule has 0 aromatic carbocycles. The monoisotopic (exact) mass is 218 g/mol. The van der Waals surface area contributed by atoms with Gasteiger partial charge in [0.05, 0.1) is 6.04 Å². The lowest BCUT2D eigenvalue weighted by Crippen LogP contribution is -2.56. The fraction of sp³-hybridized carbons (Fsp3) is 0.429. The predicted octanol–water partition coefficient (Wildman–Crippen LogP) is -0.807. The lowest BCUT2D eigenvalue weighted by Gasteiger charge is -2.40. The first-order chi connectivity index (χ1) is 6.25. The van der Waals surface area contributed by atoms with E-state index in [0.717, 1.165) is 6.08 Å². The van der Waals surface area contributed by atoms with Crippen LogP contribution in [0.15, 0.2) is 11.6 Å². The van der Waals surface area contributed by atoms with Crippen LogP contribution in [0, 0.1) is 0 Å². The minimum absolute atomic E-state index is 0.0527. The molecular formula is C7H8NO5S-. The molecule has 0 aliphatic carbocycles. The zero-order valence-electron chi connectivity index (χ0n) is 7.55. The summed E-state index contributed by atoms with van der Waals surface area (Å²) >= 11 is 0. The second-order valence-electron chi connectivity index (χ2n) is 2.94. The Balaban J connectivity index is 2.98. The van der Waals surface area contributed by atoms with Crippen molar-refractivity contribution >= 4 is 22.0 Å². The van der Waals surface area contributed by atoms with Gasteiger partial charge in [-0.25, -0.2) is 12.7 Å². The maximum atomic E-state index is 11.1. The fourth-order valence-corrected chi connectivity index (χ4v) is 2.05. The van der Waals surface area contributed by atoms with Crippen LogP contribution < -0.4 is 0 Å². The predicted molar refractivity (Wildman–Crippen MR) is 44.8 cm³/mol. The molecule has 1 amide bonds. The summed E-state index contributed by atoms with van der Waals surface area (Å²) in [5.74, 6) is -1.27. The maximum absolute atomic E-state index is 11.1. The number of carbonyl (C=O) groups excluding carboxylic acids is 2. The lowest BCUT2D eigenvalue weighted by atomic mass is 9.99. The van der Waals surface area contributed by atoms with Crippen LogP contribution in [0.3, 0.4) is 0 Å². The summed E-state index contributed by atoms with van der Waals surface area (Å²) in [6.07, 6.45) is 1.04. The van der Waals surface area contributed by atoms with E-state index >= 15 is 0 Å². The van der Waals surface area contributed by atoms with Crippen molar-refractivity contribution in [1.29, 1.82) is 0 Å². The summed E-state index contributed by atoms with van der Waals surface area (Å²) in [6.45, 7) is 2.60. The van der Waals surface area contributed by atoms with Crippen LogP contribution in [0.1, 0.15) is 13.8 Å². The van der Waals surface area contributed by atoms with Gasteiger partial charge in [0.25, 0.3) is 5.91 Å². The highest BCUT2D eigenvalue weighted by molar-refractivity contribution is 7.84. The number of hydrogen-bond acceptors (Lipinski definition) is 5. The molecule has 78 valence electrons. The van der Waals surface area contributed by atoms with Gasteiger partial charge in [-0.2, -0.15) is 0 Å². The van der Waals surface area contributed by atoms with Gasteiger partial charge in [-0.15, -0.1) is 0 Å². The molecule has 0 aromatic heterocycles. The molecule has 6 nitrogen and oxygen atoms in total. The molecule has 0 aromatic rings. The highest BCUT2D eigenvalue weighted by atomic mass is 32.2. The summed E-state index contributed by atoms with van der Waals surface area (Å²) in [5.41, 5.74) is 0.0527. The van der Waals surface area contributed by atoms with Crippen LogP contribution in [-0.4, -0.2) is 35.0 Å². The van der Waals surface area contributed by atoms with Crippen molar-refractivity contribution in [2.45, 2.75) is 19.9 Å². The fourth-order valence-electron chi connectivity index (χ4n) is 1.24. The first kappa shape index (κ1) is 10.9. The summed E-state index contributed by atoms with van der Waals surface area (Å²) in [6, 6.07) is -0.839. The maximum Gasteiger partial charge on any atom is 0.265 e. The smallest absolute Gasteiger partial charge is 0.265 e. The average Bonchev–Trinajstić information content (AvgIpc) is 1.98. The first-order valence-electron chi connectivity index (χ1n) is 3.77. The standard InChI is InChI=1S/C7H9NO5S/c1-4(9)3-6-5(2)8(7(6)10)14(11,12)13/h3,5H,1-2H3,(H,11,12,13)/p-1/b6-3+. The molecule has 1 heterocycles. The van der Waals surface area contributed by atoms with E-state index in [4.69, 9.17) is 0 Å². The molecule has 0 N–H and O–H groups in total. The number of rotatable bonds is 2. The molecule has 1 saturated heterocycles. The van der Waals surface area contributed by atoms with Crippen molar-refractivity contribution in [3.05, 3.63) is 11.6 Å². The van der Waals surface area contributed by atoms with Crippen LogP contribution in [-0.2, 0) is 19.9 Å². The number of β-lactam (4-membered cyclic amide) rings is 1. The second kappa shape index (κ2) is 3.18. The first-order valence-corrected chi connectivity index (χ1v) is 5.13. The minimum atomic E-state index is -4.75. The Hall–Kier alpha value is -1.21. The molecule has 1 atom stereocenters. The van der Waals surface area contributed by atoms with E-state index in [2.05, 4.69) is 0 Å². The summed E-state index contributed by atoms with van der Waals surface area (Å²) in [7, 11) is -4.75. The van der Waals surface area contributed by atoms with Gasteiger partial charge in [0, 0.05) is 5.57 Å². The third-order valence-corrected chi connectivity index (χ3v) is 2.81. The number of allylic oxidation sites excluding steroid dienone is 1. The van der Waals surface area contributed by atoms with E-state index in [9.17, 15) is 22.6 Å². The topological polar surface area (TPSA) is 94.6 Å². The molecule has 1 aliphatic rings. The molecule has 0 bridgehead atoms. The zero-order chi connectivity index (χ0) is 11.1. The molecular weight excluding hydrogens is 210 g/mol. The van der Waals surface area contributed by atoms with Gasteiger partial charge in [-0.3, -0.25) is 9.59 Å².